The van der Waals surface area contributed by atoms with Crippen LogP contribution in [0.4, 0.5) is 0 Å². The van der Waals surface area contributed by atoms with Crippen molar-refractivity contribution in [2.24, 2.45) is 11.3 Å². The van der Waals surface area contributed by atoms with E-state index in [1.165, 1.54) is 58.8 Å². The van der Waals surface area contributed by atoms with Gasteiger partial charge in [-0.2, -0.15) is 0 Å². The van der Waals surface area contributed by atoms with Crippen molar-refractivity contribution in [2.45, 2.75) is 53.5 Å². The lowest BCUT2D eigenvalue weighted by Gasteiger charge is -2.42. The molecule has 2 aliphatic heterocycles. The molecule has 0 aromatic rings. The van der Waals surface area contributed by atoms with Crippen molar-refractivity contribution in [1.29, 1.82) is 0 Å². The monoisotopic (exact) mass is 295 g/mol. The summed E-state index contributed by atoms with van der Waals surface area (Å²) in [6.07, 6.45) is 1.40. The normalized spacial score (nSPS) is 27.4. The summed E-state index contributed by atoms with van der Waals surface area (Å²) in [6.45, 7) is 24.3. The van der Waals surface area contributed by atoms with Gasteiger partial charge in [0.1, 0.15) is 0 Å². The summed E-state index contributed by atoms with van der Waals surface area (Å²) >= 11 is 0. The van der Waals surface area contributed by atoms with Gasteiger partial charge >= 0.3 is 0 Å². The first-order valence-corrected chi connectivity index (χ1v) is 8.83. The van der Waals surface area contributed by atoms with E-state index in [4.69, 9.17) is 0 Å². The summed E-state index contributed by atoms with van der Waals surface area (Å²) in [5.41, 5.74) is 0.774. The summed E-state index contributed by atoms with van der Waals surface area (Å²) in [5, 5.41) is 0. The molecule has 1 atom stereocenters. The fourth-order valence-corrected chi connectivity index (χ4v) is 3.84. The van der Waals surface area contributed by atoms with Crippen molar-refractivity contribution in [3.05, 3.63) is 0 Å². The molecule has 3 nitrogen and oxygen atoms in total. The molecule has 0 spiro atoms. The van der Waals surface area contributed by atoms with Crippen molar-refractivity contribution in [1.82, 2.24) is 14.7 Å². The van der Waals surface area contributed by atoms with Gasteiger partial charge in [0.2, 0.25) is 0 Å². The minimum absolute atomic E-state index is 0.336. The molecule has 0 bridgehead atoms. The maximum Gasteiger partial charge on any atom is 0.0126 e. The Hall–Kier alpha value is -0.120. The van der Waals surface area contributed by atoms with Crippen LogP contribution >= 0.6 is 0 Å². The van der Waals surface area contributed by atoms with Crippen LogP contribution < -0.4 is 0 Å². The molecule has 3 heteroatoms. The highest BCUT2D eigenvalue weighted by Gasteiger charge is 2.30. The van der Waals surface area contributed by atoms with Crippen LogP contribution in [-0.2, 0) is 0 Å². The Morgan fingerprint density at radius 3 is 1.95 bits per heavy atom. The molecule has 2 rings (SSSR count). The maximum atomic E-state index is 2.70. The van der Waals surface area contributed by atoms with Gasteiger partial charge in [0.25, 0.3) is 0 Å². The zero-order valence-electron chi connectivity index (χ0n) is 15.3. The van der Waals surface area contributed by atoms with E-state index in [0.717, 1.165) is 5.92 Å². The van der Waals surface area contributed by atoms with Gasteiger partial charge in [-0.15, -0.1) is 0 Å². The summed E-state index contributed by atoms with van der Waals surface area (Å²) in [5.74, 6) is 0.897. The fraction of sp³-hybridized carbons (Fsp3) is 1.00. The number of rotatable bonds is 3. The van der Waals surface area contributed by atoms with E-state index in [1.807, 2.05) is 0 Å². The average molecular weight is 296 g/mol. The molecule has 0 amide bonds. The third-order valence-corrected chi connectivity index (χ3v) is 4.91. The largest absolute Gasteiger partial charge is 0.302 e. The summed E-state index contributed by atoms with van der Waals surface area (Å²) < 4.78 is 0. The van der Waals surface area contributed by atoms with Crippen molar-refractivity contribution in [3.8, 4) is 0 Å². The molecule has 1 unspecified atom stereocenters. The minimum atomic E-state index is 0.336. The lowest BCUT2D eigenvalue weighted by molar-refractivity contribution is 0.0555. The van der Waals surface area contributed by atoms with E-state index < -0.39 is 0 Å². The Bertz CT molecular complexity index is 318. The second kappa shape index (κ2) is 6.55. The summed E-state index contributed by atoms with van der Waals surface area (Å²) in [7, 11) is 0. The average Bonchev–Trinajstić information content (AvgIpc) is 2.73. The van der Waals surface area contributed by atoms with Crippen LogP contribution in [0.15, 0.2) is 0 Å². The smallest absolute Gasteiger partial charge is 0.0126 e. The SMILES string of the molecule is CC(C)(C)CN1CCC(CN2CCN(C(C)(C)C)CC2)C1. The summed E-state index contributed by atoms with van der Waals surface area (Å²) in [4.78, 5) is 8.01. The molecule has 124 valence electrons. The fourth-order valence-electron chi connectivity index (χ4n) is 3.84. The lowest BCUT2D eigenvalue weighted by atomic mass is 9.96. The van der Waals surface area contributed by atoms with Crippen LogP contribution in [0, 0.1) is 11.3 Å². The van der Waals surface area contributed by atoms with E-state index in [0.29, 0.717) is 11.0 Å². The molecule has 0 aliphatic carbocycles. The van der Waals surface area contributed by atoms with Gasteiger partial charge in [0, 0.05) is 51.4 Å². The van der Waals surface area contributed by atoms with Gasteiger partial charge in [-0.05, 0) is 45.1 Å². The first kappa shape index (κ1) is 17.2. The quantitative estimate of drug-likeness (QED) is 0.793. The molecule has 0 aromatic heterocycles. The van der Waals surface area contributed by atoms with Gasteiger partial charge in [-0.1, -0.05) is 20.8 Å². The molecule has 0 N–H and O–H groups in total. The zero-order valence-corrected chi connectivity index (χ0v) is 15.3. The van der Waals surface area contributed by atoms with Gasteiger partial charge in [-0.25, -0.2) is 0 Å². The lowest BCUT2D eigenvalue weighted by Crippen LogP contribution is -2.54. The second-order valence-electron chi connectivity index (χ2n) is 9.41. The van der Waals surface area contributed by atoms with E-state index in [1.54, 1.807) is 0 Å². The molecular formula is C18H37N3. The molecule has 0 aromatic carbocycles. The van der Waals surface area contributed by atoms with Crippen LogP contribution in [0.5, 0.6) is 0 Å². The van der Waals surface area contributed by atoms with Crippen LogP contribution in [-0.4, -0.2) is 72.6 Å². The van der Waals surface area contributed by atoms with Crippen LogP contribution in [0.1, 0.15) is 48.0 Å². The molecule has 2 heterocycles. The summed E-state index contributed by atoms with van der Waals surface area (Å²) in [6, 6.07) is 0. The van der Waals surface area contributed by atoms with E-state index in [9.17, 15) is 0 Å². The Morgan fingerprint density at radius 2 is 1.43 bits per heavy atom. The van der Waals surface area contributed by atoms with Crippen molar-refractivity contribution < 1.29 is 0 Å². The molecule has 0 saturated carbocycles. The van der Waals surface area contributed by atoms with Crippen molar-refractivity contribution >= 4 is 0 Å². The van der Waals surface area contributed by atoms with Crippen LogP contribution in [0.25, 0.3) is 0 Å². The number of nitrogens with zero attached hydrogens (tertiary/aromatic N) is 3. The molecular weight excluding hydrogens is 258 g/mol. The van der Waals surface area contributed by atoms with Crippen molar-refractivity contribution in [2.75, 3.05) is 52.4 Å². The Kier molecular flexibility index (Phi) is 5.38. The highest BCUT2D eigenvalue weighted by molar-refractivity contribution is 4.85. The minimum Gasteiger partial charge on any atom is -0.302 e. The second-order valence-corrected chi connectivity index (χ2v) is 9.41. The molecule has 2 saturated heterocycles. The number of piperazine rings is 1. The van der Waals surface area contributed by atoms with Crippen LogP contribution in [0.3, 0.4) is 0 Å². The Morgan fingerprint density at radius 1 is 0.810 bits per heavy atom. The highest BCUT2D eigenvalue weighted by Crippen LogP contribution is 2.24. The van der Waals surface area contributed by atoms with Gasteiger partial charge in [-0.3, -0.25) is 4.90 Å². The molecule has 2 aliphatic rings. The highest BCUT2D eigenvalue weighted by atomic mass is 15.3. The van der Waals surface area contributed by atoms with E-state index in [-0.39, 0.29) is 0 Å². The predicted molar refractivity (Wildman–Crippen MR) is 91.8 cm³/mol. The first-order chi connectivity index (χ1) is 9.63. The maximum absolute atomic E-state index is 2.70. The van der Waals surface area contributed by atoms with Gasteiger partial charge in [0.05, 0.1) is 0 Å². The van der Waals surface area contributed by atoms with E-state index >= 15 is 0 Å². The van der Waals surface area contributed by atoms with E-state index in [2.05, 4.69) is 56.2 Å². The van der Waals surface area contributed by atoms with Gasteiger partial charge in [0.15, 0.2) is 0 Å². The standard InChI is InChI=1S/C18H37N3/c1-17(2,3)15-20-8-7-16(14-20)13-19-9-11-21(12-10-19)18(4,5)6/h16H,7-15H2,1-6H3. The third-order valence-electron chi connectivity index (χ3n) is 4.91. The predicted octanol–water partition coefficient (Wildman–Crippen LogP) is 2.77. The number of hydrogen-bond donors (Lipinski definition) is 0. The zero-order chi connectivity index (χ0) is 15.7. The molecule has 2 fully saturated rings. The van der Waals surface area contributed by atoms with Gasteiger partial charge < -0.3 is 9.80 Å². The molecule has 21 heavy (non-hydrogen) atoms. The van der Waals surface area contributed by atoms with Crippen molar-refractivity contribution in [3.63, 3.8) is 0 Å². The Balaban J connectivity index is 1.70. The number of likely N-dealkylation sites (tertiary alicyclic amines) is 1. The van der Waals surface area contributed by atoms with Crippen LogP contribution in [0.2, 0.25) is 0 Å². The topological polar surface area (TPSA) is 9.72 Å². The number of hydrogen-bond acceptors (Lipinski definition) is 3. The first-order valence-electron chi connectivity index (χ1n) is 8.83. The Labute approximate surface area is 132 Å². The molecule has 0 radical (unpaired) electrons. The third kappa shape index (κ3) is 5.54.